The molecule has 0 spiro atoms. The Morgan fingerprint density at radius 2 is 1.71 bits per heavy atom. The molecule has 3 heteroatoms. The maximum Gasteiger partial charge on any atom is 0.113 e. The van der Waals surface area contributed by atoms with Gasteiger partial charge in [0.1, 0.15) is 5.69 Å². The van der Waals surface area contributed by atoms with E-state index in [2.05, 4.69) is 78.4 Å². The van der Waals surface area contributed by atoms with Crippen molar-refractivity contribution in [1.29, 1.82) is 0 Å². The number of aromatic nitrogens is 3. The smallest absolute Gasteiger partial charge is 0.113 e. The molecular weight excluding hydrogens is 378 g/mol. The predicted octanol–water partition coefficient (Wildman–Crippen LogP) is 7.00. The number of allylic oxidation sites excluding steroid dienone is 2. The van der Waals surface area contributed by atoms with Gasteiger partial charge in [-0.25, -0.2) is 4.68 Å². The second-order valence-corrected chi connectivity index (χ2v) is 11.7. The van der Waals surface area contributed by atoms with Crippen LogP contribution in [0.2, 0.25) is 0 Å². The van der Waals surface area contributed by atoms with Gasteiger partial charge in [-0.05, 0) is 92.8 Å². The minimum Gasteiger partial charge on any atom is -0.248 e. The van der Waals surface area contributed by atoms with E-state index in [0.717, 1.165) is 29.4 Å². The number of hydrogen-bond acceptors (Lipinski definition) is 2. The molecule has 3 saturated carbocycles. The van der Waals surface area contributed by atoms with Gasteiger partial charge in [-0.1, -0.05) is 61.0 Å². The first kappa shape index (κ1) is 19.8. The minimum atomic E-state index is 0.368. The third kappa shape index (κ3) is 2.91. The van der Waals surface area contributed by atoms with Crippen LogP contribution >= 0.6 is 0 Å². The van der Waals surface area contributed by atoms with E-state index in [1.807, 2.05) is 0 Å². The molecule has 0 aliphatic heterocycles. The summed E-state index contributed by atoms with van der Waals surface area (Å²) in [5.74, 6) is 3.61. The van der Waals surface area contributed by atoms with Crippen molar-refractivity contribution >= 4 is 0 Å². The highest BCUT2D eigenvalue weighted by Gasteiger charge is 2.60. The van der Waals surface area contributed by atoms with Crippen molar-refractivity contribution in [3.63, 3.8) is 0 Å². The fourth-order valence-corrected chi connectivity index (χ4v) is 8.53. The molecule has 0 bridgehead atoms. The lowest BCUT2D eigenvalue weighted by molar-refractivity contribution is -0.0954. The summed E-state index contributed by atoms with van der Waals surface area (Å²) in [7, 11) is 0. The second kappa shape index (κ2) is 7.05. The van der Waals surface area contributed by atoms with Gasteiger partial charge >= 0.3 is 0 Å². The average molecular weight is 416 g/mol. The summed E-state index contributed by atoms with van der Waals surface area (Å²) in [6, 6.07) is 9.18. The fraction of sp³-hybridized carbons (Fsp3) is 0.643. The van der Waals surface area contributed by atoms with Crippen molar-refractivity contribution in [2.45, 2.75) is 78.2 Å². The van der Waals surface area contributed by atoms with Crippen LogP contribution in [0, 0.1) is 41.4 Å². The normalized spacial score (nSPS) is 41.5. The molecule has 4 aliphatic carbocycles. The van der Waals surface area contributed by atoms with E-state index in [0.29, 0.717) is 16.9 Å². The Morgan fingerprint density at radius 3 is 2.55 bits per heavy atom. The van der Waals surface area contributed by atoms with Gasteiger partial charge in [-0.15, -0.1) is 5.10 Å². The number of nitrogens with zero attached hydrogens (tertiary/aromatic N) is 3. The Balaban J connectivity index is 1.27. The SMILES string of the molecule is Cc1ccc(-c2cn([C@@H]3CC[C@H]4[C@@H]5CC[C@H]6CC=CC[C@]6(C)[C@H]5CC[C@@]43C)nn2)cc1. The molecule has 3 nitrogen and oxygen atoms in total. The molecule has 1 aromatic heterocycles. The van der Waals surface area contributed by atoms with E-state index in [9.17, 15) is 0 Å². The lowest BCUT2D eigenvalue weighted by Crippen LogP contribution is -2.52. The van der Waals surface area contributed by atoms with Gasteiger partial charge in [-0.2, -0.15) is 0 Å². The highest BCUT2D eigenvalue weighted by molar-refractivity contribution is 5.57. The van der Waals surface area contributed by atoms with Crippen molar-refractivity contribution in [2.24, 2.45) is 34.5 Å². The predicted molar refractivity (Wildman–Crippen MR) is 125 cm³/mol. The highest BCUT2D eigenvalue weighted by Crippen LogP contribution is 2.67. The zero-order chi connectivity index (χ0) is 21.2. The molecule has 7 atom stereocenters. The molecule has 0 amide bonds. The van der Waals surface area contributed by atoms with E-state index in [1.54, 1.807) is 0 Å². The Hall–Kier alpha value is -1.90. The Labute approximate surface area is 187 Å². The highest BCUT2D eigenvalue weighted by atomic mass is 15.4. The largest absolute Gasteiger partial charge is 0.248 e. The number of hydrogen-bond donors (Lipinski definition) is 0. The molecule has 31 heavy (non-hydrogen) atoms. The molecule has 0 N–H and O–H groups in total. The molecule has 4 aliphatic rings. The van der Waals surface area contributed by atoms with Crippen molar-refractivity contribution in [3.05, 3.63) is 48.2 Å². The summed E-state index contributed by atoms with van der Waals surface area (Å²) in [4.78, 5) is 0. The van der Waals surface area contributed by atoms with Gasteiger partial charge in [0.15, 0.2) is 0 Å². The molecule has 6 rings (SSSR count). The molecule has 1 heterocycles. The van der Waals surface area contributed by atoms with Crippen molar-refractivity contribution in [2.75, 3.05) is 0 Å². The molecule has 1 aromatic carbocycles. The molecular formula is C28H37N3. The summed E-state index contributed by atoms with van der Waals surface area (Å²) in [5.41, 5.74) is 4.39. The van der Waals surface area contributed by atoms with E-state index in [4.69, 9.17) is 0 Å². The van der Waals surface area contributed by atoms with E-state index in [-0.39, 0.29) is 0 Å². The van der Waals surface area contributed by atoms with Crippen LogP contribution in [0.4, 0.5) is 0 Å². The summed E-state index contributed by atoms with van der Waals surface area (Å²) in [6.45, 7) is 7.36. The van der Waals surface area contributed by atoms with Crippen LogP contribution in [0.15, 0.2) is 42.6 Å². The van der Waals surface area contributed by atoms with E-state index < -0.39 is 0 Å². The number of fused-ring (bicyclic) bond motifs is 5. The van der Waals surface area contributed by atoms with Crippen LogP contribution in [-0.4, -0.2) is 15.0 Å². The number of rotatable bonds is 2. The lowest BCUT2D eigenvalue weighted by atomic mass is 9.46. The fourth-order valence-electron chi connectivity index (χ4n) is 8.53. The number of benzene rings is 1. The van der Waals surface area contributed by atoms with Crippen LogP contribution in [0.1, 0.15) is 76.8 Å². The zero-order valence-electron chi connectivity index (χ0n) is 19.4. The van der Waals surface area contributed by atoms with Crippen LogP contribution in [0.25, 0.3) is 11.3 Å². The zero-order valence-corrected chi connectivity index (χ0v) is 19.4. The first-order valence-corrected chi connectivity index (χ1v) is 12.6. The maximum atomic E-state index is 4.67. The quantitative estimate of drug-likeness (QED) is 0.494. The van der Waals surface area contributed by atoms with Gasteiger partial charge in [0.25, 0.3) is 0 Å². The Morgan fingerprint density at radius 1 is 0.903 bits per heavy atom. The van der Waals surface area contributed by atoms with Crippen molar-refractivity contribution in [1.82, 2.24) is 15.0 Å². The first-order chi connectivity index (χ1) is 15.0. The van der Waals surface area contributed by atoms with Crippen LogP contribution in [-0.2, 0) is 0 Å². The topological polar surface area (TPSA) is 30.7 Å². The summed E-state index contributed by atoms with van der Waals surface area (Å²) in [5, 5.41) is 9.26. The van der Waals surface area contributed by atoms with E-state index >= 15 is 0 Å². The third-order valence-electron chi connectivity index (χ3n) is 10.3. The monoisotopic (exact) mass is 415 g/mol. The van der Waals surface area contributed by atoms with Crippen LogP contribution in [0.5, 0.6) is 0 Å². The van der Waals surface area contributed by atoms with Gasteiger partial charge < -0.3 is 0 Å². The lowest BCUT2D eigenvalue weighted by Gasteiger charge is -2.59. The summed E-state index contributed by atoms with van der Waals surface area (Å²) >= 11 is 0. The molecule has 2 aromatic rings. The van der Waals surface area contributed by atoms with Crippen LogP contribution < -0.4 is 0 Å². The van der Waals surface area contributed by atoms with Gasteiger partial charge in [0.2, 0.25) is 0 Å². The average Bonchev–Trinajstić information content (AvgIpc) is 3.38. The second-order valence-electron chi connectivity index (χ2n) is 11.7. The first-order valence-electron chi connectivity index (χ1n) is 12.6. The maximum absolute atomic E-state index is 4.67. The van der Waals surface area contributed by atoms with Crippen molar-refractivity contribution < 1.29 is 0 Å². The van der Waals surface area contributed by atoms with Gasteiger partial charge in [0.05, 0.1) is 12.2 Å². The standard InChI is InChI=1S/C28H37N3/c1-19-7-9-20(10-8-19)25-18-31(30-29-25)26-14-13-23-22-12-11-21-6-4-5-16-27(21,2)24(22)15-17-28(23,26)3/h4-5,7-10,18,21-24,26H,6,11-17H2,1-3H3/t21-,22+,23+,24+,26-,27+,28+/m1/s1. The Kier molecular flexibility index (Phi) is 4.49. The van der Waals surface area contributed by atoms with Gasteiger partial charge in [0, 0.05) is 5.56 Å². The van der Waals surface area contributed by atoms with Crippen LogP contribution in [0.3, 0.4) is 0 Å². The van der Waals surface area contributed by atoms with E-state index in [1.165, 1.54) is 62.5 Å². The molecule has 0 saturated heterocycles. The van der Waals surface area contributed by atoms with Gasteiger partial charge in [-0.3, -0.25) is 0 Å². The minimum absolute atomic E-state index is 0.368. The molecule has 0 radical (unpaired) electrons. The molecule has 3 fully saturated rings. The molecule has 0 unspecified atom stereocenters. The Bertz CT molecular complexity index is 988. The number of aryl methyl sites for hydroxylation is 1. The van der Waals surface area contributed by atoms with Crippen molar-refractivity contribution in [3.8, 4) is 11.3 Å². The summed E-state index contributed by atoms with van der Waals surface area (Å²) < 4.78 is 2.24. The summed E-state index contributed by atoms with van der Waals surface area (Å²) in [6.07, 6.45) is 18.1. The third-order valence-corrected chi connectivity index (χ3v) is 10.3. The molecule has 164 valence electrons.